The molecule has 0 amide bonds. The summed E-state index contributed by atoms with van der Waals surface area (Å²) in [6, 6.07) is 13.1. The van der Waals surface area contributed by atoms with Gasteiger partial charge in [0.15, 0.2) is 0 Å². The molecule has 0 bridgehead atoms. The lowest BCUT2D eigenvalue weighted by Gasteiger charge is -2.10. The number of aromatic nitrogens is 1. The Labute approximate surface area is 148 Å². The topological polar surface area (TPSA) is 65.4 Å². The van der Waals surface area contributed by atoms with Crippen LogP contribution in [0, 0.1) is 6.92 Å². The number of aryl methyl sites for hydroxylation is 1. The number of carbonyl (C=O) groups is 1. The van der Waals surface area contributed by atoms with Gasteiger partial charge in [0.25, 0.3) is 10.0 Å². The Morgan fingerprint density at radius 3 is 2.42 bits per heavy atom. The molecule has 5 nitrogen and oxygen atoms in total. The molecule has 1 heterocycles. The summed E-state index contributed by atoms with van der Waals surface area (Å²) >= 11 is 3.33. The number of halogens is 1. The van der Waals surface area contributed by atoms with E-state index in [1.54, 1.807) is 55.5 Å². The van der Waals surface area contributed by atoms with Crippen LogP contribution in [0.4, 0.5) is 0 Å². The number of ether oxygens (including phenoxy) is 1. The van der Waals surface area contributed by atoms with Gasteiger partial charge in [-0.1, -0.05) is 34.1 Å². The second-order valence-corrected chi connectivity index (χ2v) is 7.95. The minimum Gasteiger partial charge on any atom is -0.465 e. The maximum Gasteiger partial charge on any atom is 0.338 e. The molecule has 3 rings (SSSR count). The van der Waals surface area contributed by atoms with Gasteiger partial charge in [0.1, 0.15) is 0 Å². The average molecular weight is 408 g/mol. The van der Waals surface area contributed by atoms with E-state index in [2.05, 4.69) is 15.9 Å². The number of nitrogens with zero attached hydrogens (tertiary/aromatic N) is 1. The van der Waals surface area contributed by atoms with Crippen LogP contribution in [0.3, 0.4) is 0 Å². The number of methoxy groups -OCH3 is 1. The first-order valence-electron chi connectivity index (χ1n) is 7.07. The molecule has 0 fully saturated rings. The number of benzene rings is 2. The SMILES string of the molecule is COC(=O)c1cc(Br)cc2c1cc(C)n2S(=O)(=O)c1ccccc1. The maximum absolute atomic E-state index is 13.0. The molecule has 0 atom stereocenters. The number of rotatable bonds is 3. The van der Waals surface area contributed by atoms with E-state index < -0.39 is 16.0 Å². The van der Waals surface area contributed by atoms with Crippen molar-refractivity contribution in [1.82, 2.24) is 3.97 Å². The second-order valence-electron chi connectivity index (χ2n) is 5.25. The Balaban J connectivity index is 2.37. The number of esters is 1. The van der Waals surface area contributed by atoms with E-state index in [0.29, 0.717) is 26.6 Å². The van der Waals surface area contributed by atoms with Crippen molar-refractivity contribution in [3.05, 3.63) is 64.3 Å². The van der Waals surface area contributed by atoms with E-state index in [1.165, 1.54) is 11.1 Å². The van der Waals surface area contributed by atoms with E-state index in [-0.39, 0.29) is 4.90 Å². The zero-order chi connectivity index (χ0) is 17.5. The zero-order valence-corrected chi connectivity index (χ0v) is 15.4. The maximum atomic E-state index is 13.0. The summed E-state index contributed by atoms with van der Waals surface area (Å²) in [5, 5.41) is 0.530. The number of hydrogen-bond donors (Lipinski definition) is 0. The normalized spacial score (nSPS) is 11.6. The third-order valence-electron chi connectivity index (χ3n) is 3.70. The number of hydrogen-bond acceptors (Lipinski definition) is 4. The highest BCUT2D eigenvalue weighted by Crippen LogP contribution is 2.31. The molecule has 0 N–H and O–H groups in total. The summed E-state index contributed by atoms with van der Waals surface area (Å²) in [7, 11) is -2.48. The van der Waals surface area contributed by atoms with Crippen molar-refractivity contribution in [3.63, 3.8) is 0 Å². The van der Waals surface area contributed by atoms with E-state index >= 15 is 0 Å². The van der Waals surface area contributed by atoms with Gasteiger partial charge in [0, 0.05) is 15.6 Å². The molecule has 0 aliphatic heterocycles. The van der Waals surface area contributed by atoms with Crippen molar-refractivity contribution >= 4 is 42.8 Å². The van der Waals surface area contributed by atoms with Gasteiger partial charge in [-0.15, -0.1) is 0 Å². The first-order chi connectivity index (χ1) is 11.4. The number of carbonyl (C=O) groups excluding carboxylic acids is 1. The molecule has 0 aliphatic rings. The molecule has 0 saturated heterocycles. The molecule has 0 spiro atoms. The molecule has 1 aromatic heterocycles. The minimum absolute atomic E-state index is 0.185. The van der Waals surface area contributed by atoms with E-state index in [0.717, 1.165) is 0 Å². The molecule has 0 saturated carbocycles. The Hall–Kier alpha value is -2.12. The Morgan fingerprint density at radius 2 is 1.79 bits per heavy atom. The fourth-order valence-corrected chi connectivity index (χ4v) is 4.68. The van der Waals surface area contributed by atoms with Gasteiger partial charge in [0.2, 0.25) is 0 Å². The lowest BCUT2D eigenvalue weighted by molar-refractivity contribution is 0.0603. The molecule has 3 aromatic rings. The van der Waals surface area contributed by atoms with Crippen LogP contribution >= 0.6 is 15.9 Å². The summed E-state index contributed by atoms with van der Waals surface area (Å²) in [6.07, 6.45) is 0. The van der Waals surface area contributed by atoms with Crippen LogP contribution in [0.2, 0.25) is 0 Å². The van der Waals surface area contributed by atoms with Crippen molar-refractivity contribution in [2.24, 2.45) is 0 Å². The van der Waals surface area contributed by atoms with Crippen molar-refractivity contribution in [2.75, 3.05) is 7.11 Å². The Morgan fingerprint density at radius 1 is 1.12 bits per heavy atom. The second kappa shape index (κ2) is 6.07. The molecule has 24 heavy (non-hydrogen) atoms. The predicted molar refractivity (Wildman–Crippen MR) is 94.7 cm³/mol. The van der Waals surface area contributed by atoms with Crippen LogP contribution in [0.1, 0.15) is 16.1 Å². The van der Waals surface area contributed by atoms with E-state index in [1.807, 2.05) is 0 Å². The summed E-state index contributed by atoms with van der Waals surface area (Å²) in [6.45, 7) is 1.69. The van der Waals surface area contributed by atoms with Gasteiger partial charge < -0.3 is 4.74 Å². The molecule has 7 heteroatoms. The summed E-state index contributed by atoms with van der Waals surface area (Å²) in [5.41, 5.74) is 1.25. The lowest BCUT2D eigenvalue weighted by Crippen LogP contribution is -2.14. The van der Waals surface area contributed by atoms with Crippen LogP contribution < -0.4 is 0 Å². The Kier molecular flexibility index (Phi) is 4.23. The smallest absolute Gasteiger partial charge is 0.338 e. The highest BCUT2D eigenvalue weighted by atomic mass is 79.9. The minimum atomic E-state index is -3.78. The summed E-state index contributed by atoms with van der Waals surface area (Å²) in [5.74, 6) is -0.518. The van der Waals surface area contributed by atoms with Gasteiger partial charge in [0.05, 0.1) is 23.1 Å². The van der Waals surface area contributed by atoms with Gasteiger partial charge in [-0.05, 0) is 37.3 Å². The van der Waals surface area contributed by atoms with Crippen LogP contribution in [-0.4, -0.2) is 25.5 Å². The third kappa shape index (κ3) is 2.63. The van der Waals surface area contributed by atoms with Crippen molar-refractivity contribution < 1.29 is 17.9 Å². The van der Waals surface area contributed by atoms with Gasteiger partial charge in [-0.3, -0.25) is 0 Å². The standard InChI is InChI=1S/C17H14BrNO4S/c1-11-8-14-15(17(20)23-2)9-12(18)10-16(14)19(11)24(21,22)13-6-4-3-5-7-13/h3-10H,1-2H3. The highest BCUT2D eigenvalue weighted by molar-refractivity contribution is 9.10. The molecule has 0 radical (unpaired) electrons. The first-order valence-corrected chi connectivity index (χ1v) is 9.30. The van der Waals surface area contributed by atoms with Gasteiger partial charge in [-0.2, -0.15) is 0 Å². The van der Waals surface area contributed by atoms with Crippen LogP contribution in [0.25, 0.3) is 10.9 Å². The predicted octanol–water partition coefficient (Wildman–Crippen LogP) is 3.74. The average Bonchev–Trinajstić information content (AvgIpc) is 2.90. The van der Waals surface area contributed by atoms with Crippen LogP contribution in [-0.2, 0) is 14.8 Å². The van der Waals surface area contributed by atoms with Crippen LogP contribution in [0.15, 0.2) is 57.9 Å². The monoisotopic (exact) mass is 407 g/mol. The summed E-state index contributed by atoms with van der Waals surface area (Å²) < 4.78 is 32.7. The zero-order valence-electron chi connectivity index (χ0n) is 13.0. The molecule has 0 unspecified atom stereocenters. The fourth-order valence-electron chi connectivity index (χ4n) is 2.68. The van der Waals surface area contributed by atoms with E-state index in [9.17, 15) is 13.2 Å². The number of fused-ring (bicyclic) bond motifs is 1. The third-order valence-corrected chi connectivity index (χ3v) is 5.99. The summed E-state index contributed by atoms with van der Waals surface area (Å²) in [4.78, 5) is 12.2. The molecule has 124 valence electrons. The Bertz CT molecular complexity index is 1040. The van der Waals surface area contributed by atoms with E-state index in [4.69, 9.17) is 4.74 Å². The quantitative estimate of drug-likeness (QED) is 0.620. The molecular weight excluding hydrogens is 394 g/mol. The molecular formula is C17H14BrNO4S. The molecule has 0 aliphatic carbocycles. The molecule has 2 aromatic carbocycles. The van der Waals surface area contributed by atoms with Gasteiger partial charge >= 0.3 is 5.97 Å². The highest BCUT2D eigenvalue weighted by Gasteiger charge is 2.24. The fraction of sp³-hybridized carbons (Fsp3) is 0.118. The largest absolute Gasteiger partial charge is 0.465 e. The van der Waals surface area contributed by atoms with Crippen molar-refractivity contribution in [1.29, 1.82) is 0 Å². The first kappa shape index (κ1) is 16.7. The van der Waals surface area contributed by atoms with Gasteiger partial charge in [-0.25, -0.2) is 17.2 Å². The van der Waals surface area contributed by atoms with Crippen molar-refractivity contribution in [3.8, 4) is 0 Å². The lowest BCUT2D eigenvalue weighted by atomic mass is 10.1. The van der Waals surface area contributed by atoms with Crippen molar-refractivity contribution in [2.45, 2.75) is 11.8 Å². The van der Waals surface area contributed by atoms with Crippen LogP contribution in [0.5, 0.6) is 0 Å².